The van der Waals surface area contributed by atoms with Gasteiger partial charge in [0.25, 0.3) is 0 Å². The Bertz CT molecular complexity index is 702. The number of hydrogen-bond acceptors (Lipinski definition) is 3. The van der Waals surface area contributed by atoms with Crippen LogP contribution in [0.4, 0.5) is 0 Å². The summed E-state index contributed by atoms with van der Waals surface area (Å²) in [5, 5.41) is 12.9. The molecule has 5 nitrogen and oxygen atoms in total. The lowest BCUT2D eigenvalue weighted by atomic mass is 9.76. The zero-order chi connectivity index (χ0) is 14.9. The van der Waals surface area contributed by atoms with Crippen LogP contribution in [0.3, 0.4) is 0 Å². The van der Waals surface area contributed by atoms with Crippen molar-refractivity contribution >= 4 is 22.8 Å². The first kappa shape index (κ1) is 13.5. The fourth-order valence-electron chi connectivity index (χ4n) is 2.72. The number of fused-ring (bicyclic) bond motifs is 1. The summed E-state index contributed by atoms with van der Waals surface area (Å²) in [5.41, 5.74) is 0.536. The fourth-order valence-corrected chi connectivity index (χ4v) is 2.72. The number of hydrogen-bond donors (Lipinski definition) is 2. The molecule has 108 valence electrons. The highest BCUT2D eigenvalue weighted by atomic mass is 16.4. The monoisotopic (exact) mass is 284 g/mol. The van der Waals surface area contributed by atoms with Gasteiger partial charge in [-0.15, -0.1) is 0 Å². The maximum atomic E-state index is 12.2. The van der Waals surface area contributed by atoms with E-state index in [2.05, 4.69) is 10.3 Å². The van der Waals surface area contributed by atoms with Crippen molar-refractivity contribution in [3.8, 4) is 0 Å². The van der Waals surface area contributed by atoms with Gasteiger partial charge in [-0.3, -0.25) is 9.78 Å². The Hall–Kier alpha value is -2.43. The van der Waals surface area contributed by atoms with Crippen LogP contribution in [0, 0.1) is 0 Å². The molecule has 1 heterocycles. The number of carboxylic acid groups (broad SMARTS) is 1. The van der Waals surface area contributed by atoms with E-state index in [1.807, 2.05) is 30.3 Å². The minimum atomic E-state index is -1.06. The lowest BCUT2D eigenvalue weighted by molar-refractivity contribution is -0.151. The number of aromatic nitrogens is 1. The third kappa shape index (κ3) is 2.46. The number of carboxylic acids is 1. The Morgan fingerprint density at radius 3 is 2.67 bits per heavy atom. The summed E-state index contributed by atoms with van der Waals surface area (Å²) in [7, 11) is 0. The van der Waals surface area contributed by atoms with Crippen LogP contribution in [0.1, 0.15) is 24.8 Å². The minimum Gasteiger partial charge on any atom is -0.480 e. The van der Waals surface area contributed by atoms with Crippen molar-refractivity contribution in [3.63, 3.8) is 0 Å². The molecule has 1 fully saturated rings. The average Bonchev–Trinajstić information content (AvgIpc) is 2.43. The van der Waals surface area contributed by atoms with Crippen molar-refractivity contribution in [1.29, 1.82) is 0 Å². The van der Waals surface area contributed by atoms with Gasteiger partial charge in [0.2, 0.25) is 5.91 Å². The van der Waals surface area contributed by atoms with Crippen molar-refractivity contribution in [3.05, 3.63) is 42.1 Å². The molecule has 0 saturated heterocycles. The topological polar surface area (TPSA) is 79.3 Å². The summed E-state index contributed by atoms with van der Waals surface area (Å²) in [6.45, 7) is 0. The summed E-state index contributed by atoms with van der Waals surface area (Å²) in [6.07, 6.45) is 3.67. The standard InChI is InChI=1S/C16H16N2O3/c19-13(18-16(15(20)21)7-3-8-16)10-12-5-1-4-11-6-2-9-17-14(11)12/h1-2,4-6,9H,3,7-8,10H2,(H,18,19)(H,20,21). The van der Waals surface area contributed by atoms with Crippen LogP contribution in [0.25, 0.3) is 10.9 Å². The molecule has 5 heteroatoms. The lowest BCUT2D eigenvalue weighted by Gasteiger charge is -2.38. The van der Waals surface area contributed by atoms with Gasteiger partial charge in [0.05, 0.1) is 11.9 Å². The maximum absolute atomic E-state index is 12.2. The van der Waals surface area contributed by atoms with E-state index in [-0.39, 0.29) is 12.3 Å². The van der Waals surface area contributed by atoms with Crippen LogP contribution in [0.2, 0.25) is 0 Å². The molecule has 0 unspecified atom stereocenters. The third-order valence-electron chi connectivity index (χ3n) is 4.06. The molecule has 0 spiro atoms. The summed E-state index contributed by atoms with van der Waals surface area (Å²) in [5.74, 6) is -1.21. The second-order valence-electron chi connectivity index (χ2n) is 5.46. The number of nitrogens with one attached hydrogen (secondary N) is 1. The van der Waals surface area contributed by atoms with Crippen molar-refractivity contribution in [2.45, 2.75) is 31.2 Å². The van der Waals surface area contributed by atoms with Crippen molar-refractivity contribution in [1.82, 2.24) is 10.3 Å². The number of para-hydroxylation sites is 1. The molecule has 0 atom stereocenters. The van der Waals surface area contributed by atoms with Gasteiger partial charge in [0, 0.05) is 11.6 Å². The van der Waals surface area contributed by atoms with Gasteiger partial charge < -0.3 is 10.4 Å². The highest BCUT2D eigenvalue weighted by molar-refractivity contribution is 5.91. The van der Waals surface area contributed by atoms with Gasteiger partial charge in [-0.2, -0.15) is 0 Å². The first-order valence-corrected chi connectivity index (χ1v) is 6.98. The molecule has 0 aliphatic heterocycles. The number of pyridine rings is 1. The molecule has 2 N–H and O–H groups in total. The number of nitrogens with zero attached hydrogens (tertiary/aromatic N) is 1. The first-order valence-electron chi connectivity index (χ1n) is 6.98. The van der Waals surface area contributed by atoms with E-state index in [4.69, 9.17) is 0 Å². The van der Waals surface area contributed by atoms with E-state index < -0.39 is 11.5 Å². The number of amides is 1. The van der Waals surface area contributed by atoms with E-state index >= 15 is 0 Å². The zero-order valence-electron chi connectivity index (χ0n) is 11.5. The summed E-state index contributed by atoms with van der Waals surface area (Å²) in [4.78, 5) is 27.7. The average molecular weight is 284 g/mol. The normalized spacial score (nSPS) is 16.2. The van der Waals surface area contributed by atoms with Gasteiger partial charge in [0.15, 0.2) is 0 Å². The number of rotatable bonds is 4. The molecule has 1 aromatic heterocycles. The highest BCUT2D eigenvalue weighted by Gasteiger charge is 2.45. The molecule has 1 aromatic carbocycles. The van der Waals surface area contributed by atoms with Crippen LogP contribution in [0.5, 0.6) is 0 Å². The van der Waals surface area contributed by atoms with E-state index in [0.29, 0.717) is 12.8 Å². The van der Waals surface area contributed by atoms with Crippen LogP contribution in [0.15, 0.2) is 36.5 Å². The molecule has 3 rings (SSSR count). The van der Waals surface area contributed by atoms with Crippen LogP contribution in [-0.4, -0.2) is 27.5 Å². The molecule has 2 aromatic rings. The smallest absolute Gasteiger partial charge is 0.329 e. The SMILES string of the molecule is O=C(Cc1cccc2cccnc12)NC1(C(=O)O)CCC1. The first-order chi connectivity index (χ1) is 10.1. The van der Waals surface area contributed by atoms with Crippen molar-refractivity contribution in [2.75, 3.05) is 0 Å². The fraction of sp³-hybridized carbons (Fsp3) is 0.312. The molecule has 1 amide bonds. The van der Waals surface area contributed by atoms with Gasteiger partial charge in [-0.25, -0.2) is 4.79 Å². The summed E-state index contributed by atoms with van der Waals surface area (Å²) in [6, 6.07) is 9.45. The maximum Gasteiger partial charge on any atom is 0.329 e. The summed E-state index contributed by atoms with van der Waals surface area (Å²) < 4.78 is 0. The molecular formula is C16H16N2O3. The van der Waals surface area contributed by atoms with Gasteiger partial charge >= 0.3 is 5.97 Å². The number of aliphatic carboxylic acids is 1. The van der Waals surface area contributed by atoms with E-state index in [1.54, 1.807) is 6.20 Å². The second-order valence-corrected chi connectivity index (χ2v) is 5.46. The Balaban J connectivity index is 1.79. The zero-order valence-corrected chi connectivity index (χ0v) is 11.5. The molecule has 21 heavy (non-hydrogen) atoms. The largest absolute Gasteiger partial charge is 0.480 e. The third-order valence-corrected chi connectivity index (χ3v) is 4.06. The predicted octanol–water partition coefficient (Wildman–Crippen LogP) is 1.90. The molecule has 0 bridgehead atoms. The molecule has 1 aliphatic carbocycles. The lowest BCUT2D eigenvalue weighted by Crippen LogP contribution is -2.59. The Labute approximate surface area is 122 Å². The Morgan fingerprint density at radius 2 is 2.00 bits per heavy atom. The van der Waals surface area contributed by atoms with Gasteiger partial charge in [0.1, 0.15) is 5.54 Å². The quantitative estimate of drug-likeness (QED) is 0.898. The van der Waals surface area contributed by atoms with Crippen LogP contribution < -0.4 is 5.32 Å². The van der Waals surface area contributed by atoms with Crippen LogP contribution in [-0.2, 0) is 16.0 Å². The Kier molecular flexibility index (Phi) is 3.33. The van der Waals surface area contributed by atoms with Gasteiger partial charge in [-0.1, -0.05) is 24.3 Å². The van der Waals surface area contributed by atoms with E-state index in [9.17, 15) is 14.7 Å². The van der Waals surface area contributed by atoms with Gasteiger partial charge in [-0.05, 0) is 30.9 Å². The molecular weight excluding hydrogens is 268 g/mol. The predicted molar refractivity (Wildman–Crippen MR) is 77.8 cm³/mol. The number of carbonyl (C=O) groups excluding carboxylic acids is 1. The molecule has 1 aliphatic rings. The molecule has 0 radical (unpaired) electrons. The Morgan fingerprint density at radius 1 is 1.24 bits per heavy atom. The highest BCUT2D eigenvalue weighted by Crippen LogP contribution is 2.32. The number of benzene rings is 1. The minimum absolute atomic E-state index is 0.142. The summed E-state index contributed by atoms with van der Waals surface area (Å²) >= 11 is 0. The second kappa shape index (κ2) is 5.16. The van der Waals surface area contributed by atoms with Crippen molar-refractivity contribution < 1.29 is 14.7 Å². The van der Waals surface area contributed by atoms with Crippen molar-refractivity contribution in [2.24, 2.45) is 0 Å². The van der Waals surface area contributed by atoms with Crippen LogP contribution >= 0.6 is 0 Å². The molecule has 1 saturated carbocycles. The number of carbonyl (C=O) groups is 2. The van der Waals surface area contributed by atoms with E-state index in [1.165, 1.54) is 0 Å². The van der Waals surface area contributed by atoms with E-state index in [0.717, 1.165) is 22.9 Å².